The third kappa shape index (κ3) is 17.1. The Morgan fingerprint density at radius 2 is 1.37 bits per heavy atom. The number of carbonyl (C=O) groups excluding carboxylic acids is 7. The standard InChI is InChI=1S/C68H76Cl2N12O23S2/c1-23(2)12-34(74-5)58(92)79-49-51(87)26-7-10-38(32(69)14-26)101-40-16-28-17-41(55(40)105-65-56(104-44-21-68(4,73)57(91)24(3)100-44)54(90)53(89)42(103-65)22-106-67-82-81-66(72)107-67)102-39-11-8-27(15-33(39)70)52(88)50-63(97)78-48(64(98)99)31-18-29(83)19-37(85)45(31)30-13-25(6-9-36(30)84)46(60(94)80-50)77-61(95)47(28)76-59(93)35(20-43(71)86)75-62(49)96/h6-11,13-19,23-24,34-35,42,44,46-54,56-57,65,74,83-85,87-91H,12,20-22,73H2,1-5H3,(H2,71,86)(H2,72,81)(H,75,96)(H,76,93)(H,77,95)(H,78,97)(H,79,92)(H,80,94)(H,98,99)/t24?,34-,35-,42?,44?,46?,47+,48+,49+,50-,51+,52+,53?,54?,56?,57?,65?,68?/m0/s1. The molecule has 22 N–H and O–H groups in total. The lowest BCUT2D eigenvalue weighted by molar-refractivity contribution is -0.329. The van der Waals surface area contributed by atoms with Gasteiger partial charge in [-0.2, -0.15) is 0 Å². The van der Waals surface area contributed by atoms with Crippen molar-refractivity contribution in [2.24, 2.45) is 17.4 Å². The van der Waals surface area contributed by atoms with E-state index in [2.05, 4.69) is 47.4 Å². The zero-order valence-corrected chi connectivity index (χ0v) is 60.3. The minimum Gasteiger partial charge on any atom is -0.508 e. The van der Waals surface area contributed by atoms with Crippen LogP contribution in [-0.4, -0.2) is 195 Å². The molecular formula is C68H76Cl2N12O23S2. The van der Waals surface area contributed by atoms with Gasteiger partial charge in [-0.1, -0.05) is 78.3 Å². The molecule has 5 aromatic carbocycles. The fourth-order valence-electron chi connectivity index (χ4n) is 12.9. The number of primary amides is 1. The molecule has 7 amide bonds. The first-order valence-electron chi connectivity index (χ1n) is 33.1. The second kappa shape index (κ2) is 32.2. The predicted octanol–water partition coefficient (Wildman–Crippen LogP) is 1.34. The summed E-state index contributed by atoms with van der Waals surface area (Å²) in [6.07, 6.45) is -18.1. The number of halogens is 2. The van der Waals surface area contributed by atoms with Gasteiger partial charge in [-0.15, -0.1) is 10.2 Å². The van der Waals surface area contributed by atoms with E-state index < -0.39 is 225 Å². The molecule has 18 atom stereocenters. The maximum Gasteiger partial charge on any atom is 0.330 e. The molecule has 7 aliphatic rings. The van der Waals surface area contributed by atoms with E-state index in [1.54, 1.807) is 0 Å². The van der Waals surface area contributed by atoms with Gasteiger partial charge in [0.1, 0.15) is 83.4 Å². The number of aliphatic hydroxyl groups is 5. The fourth-order valence-corrected chi connectivity index (χ4v) is 15.1. The first-order chi connectivity index (χ1) is 50.6. The molecule has 7 aliphatic heterocycles. The fraction of sp³-hybridized carbons (Fsp3) is 0.412. The molecule has 2 fully saturated rings. The van der Waals surface area contributed by atoms with Crippen LogP contribution in [0.2, 0.25) is 10.0 Å². The molecule has 0 radical (unpaired) electrons. The van der Waals surface area contributed by atoms with Crippen molar-refractivity contribution < 1.29 is 113 Å². The zero-order valence-electron chi connectivity index (χ0n) is 57.2. The number of carboxylic acid groups (broad SMARTS) is 1. The van der Waals surface area contributed by atoms with Crippen LogP contribution in [0.25, 0.3) is 11.1 Å². The number of carbonyl (C=O) groups is 8. The Morgan fingerprint density at radius 1 is 0.748 bits per heavy atom. The number of nitrogen functional groups attached to an aromatic ring is 1. The highest BCUT2D eigenvalue weighted by atomic mass is 35.5. The smallest absolute Gasteiger partial charge is 0.330 e. The second-order valence-corrected chi connectivity index (χ2v) is 29.8. The summed E-state index contributed by atoms with van der Waals surface area (Å²) in [6, 6.07) is -0.506. The normalized spacial score (nSPS) is 28.4. The van der Waals surface area contributed by atoms with Gasteiger partial charge in [-0.25, -0.2) is 4.79 Å². The number of hydrogen-bond donors (Lipinski definition) is 19. The van der Waals surface area contributed by atoms with Crippen LogP contribution in [0.5, 0.6) is 46.0 Å². The summed E-state index contributed by atoms with van der Waals surface area (Å²) in [6.45, 7) is 6.68. The number of aromatic hydroxyl groups is 3. The maximum absolute atomic E-state index is 16.2. The van der Waals surface area contributed by atoms with Crippen molar-refractivity contribution in [1.29, 1.82) is 0 Å². The van der Waals surface area contributed by atoms with Crippen LogP contribution in [0.3, 0.4) is 0 Å². The summed E-state index contributed by atoms with van der Waals surface area (Å²) in [7, 11) is 1.48. The average molecular weight is 1560 g/mol. The number of likely N-dealkylation sites (N-methyl/N-ethyl adjacent to an activating group) is 1. The lowest BCUT2D eigenvalue weighted by Crippen LogP contribution is -2.64. The van der Waals surface area contributed by atoms with Gasteiger partial charge in [0.2, 0.25) is 58.5 Å². The van der Waals surface area contributed by atoms with Crippen molar-refractivity contribution in [3.05, 3.63) is 117 Å². The zero-order chi connectivity index (χ0) is 77.5. The summed E-state index contributed by atoms with van der Waals surface area (Å²) < 4.78 is 39.7. The van der Waals surface area contributed by atoms with Gasteiger partial charge in [-0.3, -0.25) is 33.6 Å². The number of anilines is 1. The van der Waals surface area contributed by atoms with E-state index in [1.165, 1.54) is 33.0 Å². The highest BCUT2D eigenvalue weighted by Gasteiger charge is 2.52. The summed E-state index contributed by atoms with van der Waals surface area (Å²) in [4.78, 5) is 118. The molecule has 572 valence electrons. The van der Waals surface area contributed by atoms with Crippen LogP contribution in [0.15, 0.2) is 83.2 Å². The molecule has 35 nitrogen and oxygen atoms in total. The lowest BCUT2D eigenvalue weighted by Gasteiger charge is -2.47. The van der Waals surface area contributed by atoms with Crippen molar-refractivity contribution in [3.8, 4) is 57.1 Å². The van der Waals surface area contributed by atoms with Gasteiger partial charge in [-0.05, 0) is 110 Å². The number of aliphatic hydroxyl groups excluding tert-OH is 5. The molecule has 13 rings (SSSR count). The number of ether oxygens (including phenoxy) is 6. The number of benzene rings is 5. The topological polar surface area (TPSA) is 562 Å². The highest BCUT2D eigenvalue weighted by molar-refractivity contribution is 8.01. The number of hydrogen-bond acceptors (Lipinski definition) is 29. The van der Waals surface area contributed by atoms with Crippen molar-refractivity contribution >= 4 is 98.8 Å². The van der Waals surface area contributed by atoms with E-state index >= 15 is 14.4 Å². The number of carboxylic acids is 1. The second-order valence-electron chi connectivity index (χ2n) is 26.7. The van der Waals surface area contributed by atoms with Gasteiger partial charge in [0.05, 0.1) is 40.8 Å². The molecule has 2 saturated heterocycles. The van der Waals surface area contributed by atoms with E-state index in [4.69, 9.17) is 68.8 Å². The first-order valence-corrected chi connectivity index (χ1v) is 35.7. The molecular weight excluding hydrogens is 1490 g/mol. The Labute approximate surface area is 626 Å². The molecule has 10 unspecified atom stereocenters. The number of nitrogens with two attached hydrogens (primary N) is 3. The molecule has 6 aromatic rings. The Hall–Kier alpha value is -9.45. The summed E-state index contributed by atoms with van der Waals surface area (Å²) in [5.74, 6) is -16.1. The van der Waals surface area contributed by atoms with Gasteiger partial charge in [0.25, 0.3) is 0 Å². The average Bonchev–Trinajstić information content (AvgIpc) is 0.971. The van der Waals surface area contributed by atoms with Gasteiger partial charge < -0.3 is 129 Å². The molecule has 11 bridgehead atoms. The van der Waals surface area contributed by atoms with E-state index in [0.717, 1.165) is 89.8 Å². The van der Waals surface area contributed by atoms with Crippen LogP contribution in [0.4, 0.5) is 5.13 Å². The van der Waals surface area contributed by atoms with Crippen LogP contribution in [0, 0.1) is 5.92 Å². The third-order valence-corrected chi connectivity index (χ3v) is 21.0. The van der Waals surface area contributed by atoms with Gasteiger partial charge in [0.15, 0.2) is 34.3 Å². The van der Waals surface area contributed by atoms with Crippen molar-refractivity contribution in [1.82, 2.24) is 47.4 Å². The molecule has 1 aromatic heterocycles. The van der Waals surface area contributed by atoms with E-state index in [1.807, 2.05) is 13.8 Å². The summed E-state index contributed by atoms with van der Waals surface area (Å²) in [5.41, 5.74) is 14.0. The molecule has 0 aliphatic carbocycles. The largest absolute Gasteiger partial charge is 0.508 e. The molecule has 39 heteroatoms. The van der Waals surface area contributed by atoms with Crippen LogP contribution >= 0.6 is 46.3 Å². The Bertz CT molecular complexity index is 4470. The highest BCUT2D eigenvalue weighted by Crippen LogP contribution is 2.50. The molecule has 8 heterocycles. The van der Waals surface area contributed by atoms with E-state index in [9.17, 15) is 69.9 Å². The van der Waals surface area contributed by atoms with E-state index in [0.29, 0.717) is 4.34 Å². The SMILES string of the molecule is CN[C@@H](CC(C)C)C(=O)N[C@H]1C(=O)N[C@@H](CC(N)=O)C(=O)N[C@H]2C(=O)NC3C(=O)N[C@H](C(=O)N[C@@H](C(=O)O)c4cc(O)cc(O)c4-c4cc3ccc4O)[C@H](O)c3ccc(c(Cl)c3)Oc3cc2cc(c3OC2OC(CSc3nnc(N)s3)C(O)C(O)C2OC2CC(C)(N)C(O)C(C)O2)Oc2ccc(cc2Cl)[C@H]1O. The van der Waals surface area contributed by atoms with Crippen LogP contribution in [0.1, 0.15) is 105 Å². The number of amides is 7. The van der Waals surface area contributed by atoms with E-state index in [-0.39, 0.29) is 62.9 Å². The molecule has 0 spiro atoms. The Morgan fingerprint density at radius 3 is 1.97 bits per heavy atom. The Kier molecular flexibility index (Phi) is 23.6. The number of phenolic OH excluding ortho intramolecular Hbond substituents is 3. The monoisotopic (exact) mass is 1560 g/mol. The Balaban J connectivity index is 1.16. The van der Waals surface area contributed by atoms with Gasteiger partial charge in [0, 0.05) is 40.5 Å². The van der Waals surface area contributed by atoms with Crippen molar-refractivity contribution in [2.45, 2.75) is 161 Å². The van der Waals surface area contributed by atoms with Crippen LogP contribution < -0.4 is 68.6 Å². The number of phenols is 3. The number of nitrogens with one attached hydrogen (secondary N) is 7. The predicted molar refractivity (Wildman–Crippen MR) is 377 cm³/mol. The number of rotatable bonds is 15. The van der Waals surface area contributed by atoms with Crippen molar-refractivity contribution in [2.75, 3.05) is 18.5 Å². The number of fused-ring (bicyclic) bond motifs is 15. The number of aromatic nitrogens is 2. The molecule has 0 saturated carbocycles. The quantitative estimate of drug-likeness (QED) is 0.0645. The number of nitrogens with zero attached hydrogens (tertiary/aromatic N) is 2. The first kappa shape index (κ1) is 78.6. The van der Waals surface area contributed by atoms with Crippen LogP contribution in [-0.2, 0) is 52.6 Å². The number of thioether (sulfide) groups is 1. The molecule has 107 heavy (non-hydrogen) atoms. The van der Waals surface area contributed by atoms with Crippen molar-refractivity contribution in [3.63, 3.8) is 0 Å². The summed E-state index contributed by atoms with van der Waals surface area (Å²) >= 11 is 16.3. The van der Waals surface area contributed by atoms with Gasteiger partial charge >= 0.3 is 5.97 Å². The lowest BCUT2D eigenvalue weighted by atomic mass is 9.86. The maximum atomic E-state index is 16.2. The number of aliphatic carboxylic acids is 1. The minimum atomic E-state index is -2.35. The summed E-state index contributed by atoms with van der Waals surface area (Å²) in [5, 5.41) is 130. The third-order valence-electron chi connectivity index (χ3n) is 18.4. The minimum absolute atomic E-state index is 0.0956.